The maximum Gasteiger partial charge on any atom is 0.254 e. The van der Waals surface area contributed by atoms with Gasteiger partial charge in [-0.3, -0.25) is 9.59 Å². The number of piperidine rings is 1. The maximum absolute atomic E-state index is 13.5. The monoisotopic (exact) mass is 420 g/mol. The van der Waals surface area contributed by atoms with Crippen LogP contribution in [0.3, 0.4) is 0 Å². The Kier molecular flexibility index (Phi) is 5.92. The number of aryl methyl sites for hydroxylation is 1. The van der Waals surface area contributed by atoms with Gasteiger partial charge < -0.3 is 4.90 Å². The van der Waals surface area contributed by atoms with Gasteiger partial charge >= 0.3 is 0 Å². The molecular formula is C25H25ClN2O2. The lowest BCUT2D eigenvalue weighted by Gasteiger charge is -2.35. The predicted molar refractivity (Wildman–Crippen MR) is 117 cm³/mol. The van der Waals surface area contributed by atoms with Gasteiger partial charge in [-0.05, 0) is 90.9 Å². The Hall–Kier alpha value is -2.64. The smallest absolute Gasteiger partial charge is 0.254 e. The number of carbonyl (C=O) groups is 2. The third-order valence-corrected chi connectivity index (χ3v) is 6.89. The highest BCUT2D eigenvalue weighted by Crippen LogP contribution is 2.42. The Morgan fingerprint density at radius 3 is 2.20 bits per heavy atom. The van der Waals surface area contributed by atoms with E-state index < -0.39 is 5.24 Å². The van der Waals surface area contributed by atoms with Crippen LogP contribution in [0.15, 0.2) is 36.4 Å². The number of nitrogens with zero attached hydrogens (tertiary/aromatic N) is 2. The zero-order valence-electron chi connectivity index (χ0n) is 17.2. The molecule has 2 aromatic carbocycles. The molecule has 2 aliphatic rings. The summed E-state index contributed by atoms with van der Waals surface area (Å²) in [5.74, 6) is 0.662. The molecule has 1 heterocycles. The van der Waals surface area contributed by atoms with Gasteiger partial charge in [0, 0.05) is 24.2 Å². The normalized spacial score (nSPS) is 17.3. The van der Waals surface area contributed by atoms with Crippen LogP contribution in [0, 0.1) is 18.3 Å². The van der Waals surface area contributed by atoms with Crippen molar-refractivity contribution in [2.24, 2.45) is 0 Å². The molecule has 0 N–H and O–H groups in total. The summed E-state index contributed by atoms with van der Waals surface area (Å²) in [6, 6.07) is 13.5. The van der Waals surface area contributed by atoms with Crippen molar-refractivity contribution in [3.8, 4) is 6.07 Å². The quantitative estimate of drug-likeness (QED) is 0.610. The number of amides is 1. The van der Waals surface area contributed by atoms with E-state index in [0.29, 0.717) is 35.7 Å². The molecule has 30 heavy (non-hydrogen) atoms. The fourth-order valence-corrected chi connectivity index (χ4v) is 4.87. The van der Waals surface area contributed by atoms with Gasteiger partial charge in [-0.25, -0.2) is 0 Å². The molecule has 0 bridgehead atoms. The summed E-state index contributed by atoms with van der Waals surface area (Å²) in [5.41, 5.74) is 4.84. The molecule has 5 heteroatoms. The number of rotatable bonds is 4. The van der Waals surface area contributed by atoms with Gasteiger partial charge in [-0.15, -0.1) is 0 Å². The minimum absolute atomic E-state index is 0.0208. The van der Waals surface area contributed by atoms with Crippen LogP contribution in [0.5, 0.6) is 0 Å². The van der Waals surface area contributed by atoms with Crippen LogP contribution in [0.1, 0.15) is 86.9 Å². The fraction of sp³-hybridized carbons (Fsp3) is 0.400. The van der Waals surface area contributed by atoms with Gasteiger partial charge in [-0.1, -0.05) is 24.6 Å². The summed E-state index contributed by atoms with van der Waals surface area (Å²) in [4.78, 5) is 27.5. The van der Waals surface area contributed by atoms with Crippen molar-refractivity contribution in [3.63, 3.8) is 0 Å². The topological polar surface area (TPSA) is 61.2 Å². The lowest BCUT2D eigenvalue weighted by atomic mass is 9.75. The highest BCUT2D eigenvalue weighted by Gasteiger charge is 2.33. The van der Waals surface area contributed by atoms with Gasteiger partial charge in [0.1, 0.15) is 0 Å². The lowest BCUT2D eigenvalue weighted by Crippen LogP contribution is -2.39. The first-order chi connectivity index (χ1) is 14.5. The zero-order chi connectivity index (χ0) is 21.3. The first kappa shape index (κ1) is 20.6. The lowest BCUT2D eigenvalue weighted by molar-refractivity contribution is 0.0710. The van der Waals surface area contributed by atoms with Crippen LogP contribution in [0.2, 0.25) is 0 Å². The van der Waals surface area contributed by atoms with Gasteiger partial charge in [0.15, 0.2) is 0 Å². The first-order valence-corrected chi connectivity index (χ1v) is 11.0. The molecule has 4 rings (SSSR count). The van der Waals surface area contributed by atoms with Crippen molar-refractivity contribution >= 4 is 22.8 Å². The Morgan fingerprint density at radius 1 is 1.00 bits per heavy atom. The van der Waals surface area contributed by atoms with Gasteiger partial charge in [0.25, 0.3) is 11.1 Å². The molecule has 1 amide bonds. The first-order valence-electron chi connectivity index (χ1n) is 10.6. The van der Waals surface area contributed by atoms with Crippen molar-refractivity contribution in [1.29, 1.82) is 5.26 Å². The number of hydrogen-bond donors (Lipinski definition) is 0. The maximum atomic E-state index is 13.5. The number of carbonyl (C=O) groups excluding carboxylic acids is 2. The Balaban J connectivity index is 1.55. The van der Waals surface area contributed by atoms with Gasteiger partial charge in [-0.2, -0.15) is 5.26 Å². The SMILES string of the molecule is Cc1ccc(C(=O)Cl)c(C2CCC2)c1C(=O)N1CCC(c2ccc(C#N)cc2)CC1. The average molecular weight is 421 g/mol. The third kappa shape index (κ3) is 3.87. The van der Waals surface area contributed by atoms with E-state index >= 15 is 0 Å². The number of benzene rings is 2. The van der Waals surface area contributed by atoms with E-state index in [0.717, 1.165) is 43.2 Å². The summed E-state index contributed by atoms with van der Waals surface area (Å²) in [6.45, 7) is 3.32. The molecule has 4 nitrogen and oxygen atoms in total. The van der Waals surface area contributed by atoms with Crippen molar-refractivity contribution < 1.29 is 9.59 Å². The molecule has 0 aromatic heterocycles. The van der Waals surface area contributed by atoms with E-state index in [1.165, 1.54) is 5.56 Å². The standard InChI is InChI=1S/C25H25ClN2O2/c1-16-5-10-21(24(26)29)23(20-3-2-4-20)22(16)25(30)28-13-11-19(12-14-28)18-8-6-17(15-27)7-9-18/h5-10,19-20H,2-4,11-14H2,1H3. The average Bonchev–Trinajstić information content (AvgIpc) is 2.72. The van der Waals surface area contributed by atoms with Crippen LogP contribution < -0.4 is 0 Å². The Morgan fingerprint density at radius 2 is 1.67 bits per heavy atom. The van der Waals surface area contributed by atoms with E-state index in [1.54, 1.807) is 6.07 Å². The molecule has 0 unspecified atom stereocenters. The molecule has 0 atom stereocenters. The van der Waals surface area contributed by atoms with Gasteiger partial charge in [0.05, 0.1) is 11.6 Å². The molecule has 1 aliphatic heterocycles. The summed E-state index contributed by atoms with van der Waals surface area (Å²) in [7, 11) is 0. The van der Waals surface area contributed by atoms with E-state index in [2.05, 4.69) is 6.07 Å². The number of likely N-dealkylation sites (tertiary alicyclic amines) is 1. The molecule has 2 aromatic rings. The van der Waals surface area contributed by atoms with Crippen LogP contribution in [0.4, 0.5) is 0 Å². The minimum atomic E-state index is -0.481. The molecule has 0 radical (unpaired) electrons. The third-order valence-electron chi connectivity index (χ3n) is 6.69. The van der Waals surface area contributed by atoms with Crippen molar-refractivity contribution in [3.05, 3.63) is 69.8 Å². The van der Waals surface area contributed by atoms with E-state index in [4.69, 9.17) is 16.9 Å². The van der Waals surface area contributed by atoms with E-state index in [9.17, 15) is 9.59 Å². The number of hydrogen-bond acceptors (Lipinski definition) is 3. The zero-order valence-corrected chi connectivity index (χ0v) is 17.9. The molecule has 0 spiro atoms. The van der Waals surface area contributed by atoms with Crippen molar-refractivity contribution in [2.45, 2.75) is 50.9 Å². The van der Waals surface area contributed by atoms with Crippen molar-refractivity contribution in [1.82, 2.24) is 4.90 Å². The predicted octanol–water partition coefficient (Wildman–Crippen LogP) is 5.53. The van der Waals surface area contributed by atoms with E-state index in [1.807, 2.05) is 42.2 Å². The molecule has 1 aliphatic carbocycles. The molecular weight excluding hydrogens is 396 g/mol. The van der Waals surface area contributed by atoms with Crippen LogP contribution in [-0.4, -0.2) is 29.1 Å². The highest BCUT2D eigenvalue weighted by molar-refractivity contribution is 6.68. The van der Waals surface area contributed by atoms with Crippen LogP contribution in [0.25, 0.3) is 0 Å². The Labute approximate surface area is 182 Å². The second-order valence-corrected chi connectivity index (χ2v) is 8.76. The summed E-state index contributed by atoms with van der Waals surface area (Å²) >= 11 is 5.87. The summed E-state index contributed by atoms with van der Waals surface area (Å²) < 4.78 is 0. The van der Waals surface area contributed by atoms with Gasteiger partial charge in [0.2, 0.25) is 0 Å². The largest absolute Gasteiger partial charge is 0.339 e. The Bertz CT molecular complexity index is 1010. The number of halogens is 1. The second kappa shape index (κ2) is 8.62. The molecule has 1 saturated carbocycles. The highest BCUT2D eigenvalue weighted by atomic mass is 35.5. The minimum Gasteiger partial charge on any atom is -0.339 e. The van der Waals surface area contributed by atoms with Crippen LogP contribution >= 0.6 is 11.6 Å². The van der Waals surface area contributed by atoms with E-state index in [-0.39, 0.29) is 11.8 Å². The molecule has 2 fully saturated rings. The summed E-state index contributed by atoms with van der Waals surface area (Å²) in [5, 5.41) is 8.50. The van der Waals surface area contributed by atoms with Crippen LogP contribution in [-0.2, 0) is 0 Å². The second-order valence-electron chi connectivity index (χ2n) is 8.42. The molecule has 1 saturated heterocycles. The fourth-order valence-electron chi connectivity index (χ4n) is 4.71. The summed E-state index contributed by atoms with van der Waals surface area (Å²) in [6.07, 6.45) is 4.91. The number of nitriles is 1. The molecule has 154 valence electrons. The van der Waals surface area contributed by atoms with Crippen molar-refractivity contribution in [2.75, 3.05) is 13.1 Å².